The van der Waals surface area contributed by atoms with Gasteiger partial charge < -0.3 is 15.5 Å². The number of carbonyl (C=O) groups is 2. The van der Waals surface area contributed by atoms with Gasteiger partial charge in [-0.15, -0.1) is 0 Å². The van der Waals surface area contributed by atoms with Gasteiger partial charge in [-0.2, -0.15) is 0 Å². The summed E-state index contributed by atoms with van der Waals surface area (Å²) in [7, 11) is 2.07. The van der Waals surface area contributed by atoms with Gasteiger partial charge in [0.2, 0.25) is 5.91 Å². The topological polar surface area (TPSA) is 64.7 Å². The van der Waals surface area contributed by atoms with E-state index in [0.717, 1.165) is 74.9 Å². The Morgan fingerprint density at radius 3 is 2.35 bits per heavy atom. The van der Waals surface area contributed by atoms with Crippen LogP contribution in [0, 0.1) is 6.92 Å². The number of nitrogens with zero attached hydrogens (tertiary/aromatic N) is 2. The second-order valence-electron chi connectivity index (χ2n) is 10.5. The van der Waals surface area contributed by atoms with Crippen LogP contribution in [0.25, 0.3) is 10.8 Å². The first-order valence-electron chi connectivity index (χ1n) is 13.6. The van der Waals surface area contributed by atoms with Gasteiger partial charge >= 0.3 is 0 Å². The molecule has 0 unspecified atom stereocenters. The normalized spacial score (nSPS) is 18.9. The predicted octanol–water partition coefficient (Wildman–Crippen LogP) is 4.62. The third kappa shape index (κ3) is 5.71. The molecule has 0 radical (unpaired) electrons. The van der Waals surface area contributed by atoms with E-state index in [1.165, 1.54) is 10.9 Å². The van der Waals surface area contributed by atoms with Crippen LogP contribution in [0.2, 0.25) is 0 Å². The molecule has 2 heterocycles. The molecule has 3 aromatic rings. The Kier molecular flexibility index (Phi) is 7.87. The lowest BCUT2D eigenvalue weighted by molar-refractivity contribution is -0.136. The van der Waals surface area contributed by atoms with E-state index in [1.54, 1.807) is 0 Å². The zero-order valence-corrected chi connectivity index (χ0v) is 22.0. The lowest BCUT2D eigenvalue weighted by atomic mass is 9.99. The maximum absolute atomic E-state index is 12.9. The fraction of sp³-hybridized carbons (Fsp3) is 0.419. The van der Waals surface area contributed by atoms with E-state index in [-0.39, 0.29) is 11.9 Å². The number of fused-ring (bicyclic) bond motifs is 1. The quantitative estimate of drug-likeness (QED) is 0.499. The minimum absolute atomic E-state index is 0.0814. The molecule has 2 amide bonds. The smallest absolute Gasteiger partial charge is 0.255 e. The molecule has 5 rings (SSSR count). The van der Waals surface area contributed by atoms with Crippen molar-refractivity contribution in [2.75, 3.05) is 38.5 Å². The van der Waals surface area contributed by atoms with Crippen LogP contribution in [0.5, 0.6) is 0 Å². The molecule has 6 nitrogen and oxygen atoms in total. The summed E-state index contributed by atoms with van der Waals surface area (Å²) in [5.41, 5.74) is 3.77. The molecular weight excluding hydrogens is 460 g/mol. The van der Waals surface area contributed by atoms with Crippen molar-refractivity contribution in [3.63, 3.8) is 0 Å². The first-order chi connectivity index (χ1) is 18.0. The third-order valence-corrected chi connectivity index (χ3v) is 8.09. The van der Waals surface area contributed by atoms with Gasteiger partial charge in [0.1, 0.15) is 0 Å². The van der Waals surface area contributed by atoms with E-state index in [4.69, 9.17) is 0 Å². The molecule has 194 valence electrons. The van der Waals surface area contributed by atoms with Crippen molar-refractivity contribution >= 4 is 28.3 Å². The maximum Gasteiger partial charge on any atom is 0.255 e. The summed E-state index contributed by atoms with van der Waals surface area (Å²) in [4.78, 5) is 30.1. The van der Waals surface area contributed by atoms with Crippen molar-refractivity contribution in [1.29, 1.82) is 0 Å². The van der Waals surface area contributed by atoms with Crippen molar-refractivity contribution in [2.24, 2.45) is 0 Å². The fourth-order valence-electron chi connectivity index (χ4n) is 5.85. The standard InChI is InChI=1S/C31H38N4O2/c1-22-8-3-4-9-25(22)30(36)33-28-14-13-23(26-10-5-6-11-27(26)28)15-18-32-24-16-20-35(21-17-24)31(37)29-12-7-19-34(29)2/h3-6,8-11,13-14,24,29,32H,7,12,15-21H2,1-2H3,(H,33,36)/t29-/m0/s1. The van der Waals surface area contributed by atoms with E-state index in [1.807, 2.05) is 43.3 Å². The summed E-state index contributed by atoms with van der Waals surface area (Å²) in [5.74, 6) is 0.238. The summed E-state index contributed by atoms with van der Waals surface area (Å²) in [6.07, 6.45) is 5.05. The Bertz CT molecular complexity index is 1270. The van der Waals surface area contributed by atoms with Crippen LogP contribution >= 0.6 is 0 Å². The monoisotopic (exact) mass is 498 g/mol. The Morgan fingerprint density at radius 1 is 0.892 bits per heavy atom. The number of anilines is 1. The zero-order valence-electron chi connectivity index (χ0n) is 22.0. The molecule has 0 bridgehead atoms. The van der Waals surface area contributed by atoms with Gasteiger partial charge in [0.05, 0.1) is 6.04 Å². The average Bonchev–Trinajstić information content (AvgIpc) is 3.35. The van der Waals surface area contributed by atoms with E-state index < -0.39 is 0 Å². The number of amides is 2. The highest BCUT2D eigenvalue weighted by molar-refractivity contribution is 6.10. The zero-order chi connectivity index (χ0) is 25.8. The molecule has 0 saturated carbocycles. The van der Waals surface area contributed by atoms with Gasteiger partial charge in [0, 0.05) is 35.8 Å². The molecule has 2 aliphatic rings. The predicted molar refractivity (Wildman–Crippen MR) is 150 cm³/mol. The van der Waals surface area contributed by atoms with E-state index in [2.05, 4.69) is 51.7 Å². The molecule has 1 atom stereocenters. The number of likely N-dealkylation sites (N-methyl/N-ethyl adjacent to an activating group) is 1. The maximum atomic E-state index is 12.9. The van der Waals surface area contributed by atoms with Crippen LogP contribution in [0.4, 0.5) is 5.69 Å². The molecule has 0 aromatic heterocycles. The SMILES string of the molecule is Cc1ccccc1C(=O)Nc1ccc(CCNC2CCN(C(=O)[C@@H]3CCCN3C)CC2)c2ccccc12. The number of hydrogen-bond acceptors (Lipinski definition) is 4. The lowest BCUT2D eigenvalue weighted by Gasteiger charge is -2.35. The molecule has 37 heavy (non-hydrogen) atoms. The van der Waals surface area contributed by atoms with E-state index >= 15 is 0 Å². The molecule has 0 aliphatic carbocycles. The summed E-state index contributed by atoms with van der Waals surface area (Å²) in [6.45, 7) is 5.57. The summed E-state index contributed by atoms with van der Waals surface area (Å²) >= 11 is 0. The Hall–Kier alpha value is -3.22. The van der Waals surface area contributed by atoms with Crippen LogP contribution in [-0.4, -0.2) is 66.9 Å². The number of nitrogens with one attached hydrogen (secondary N) is 2. The first-order valence-corrected chi connectivity index (χ1v) is 13.6. The highest BCUT2D eigenvalue weighted by Crippen LogP contribution is 2.28. The van der Waals surface area contributed by atoms with Gasteiger partial charge in [-0.25, -0.2) is 0 Å². The largest absolute Gasteiger partial charge is 0.341 e. The highest BCUT2D eigenvalue weighted by atomic mass is 16.2. The van der Waals surface area contributed by atoms with Gasteiger partial charge in [-0.3, -0.25) is 14.5 Å². The van der Waals surface area contributed by atoms with Crippen molar-refractivity contribution in [1.82, 2.24) is 15.1 Å². The van der Waals surface area contributed by atoms with Gasteiger partial charge in [0.15, 0.2) is 0 Å². The average molecular weight is 499 g/mol. The molecule has 3 aromatic carbocycles. The second-order valence-corrected chi connectivity index (χ2v) is 10.5. The number of hydrogen-bond donors (Lipinski definition) is 2. The number of benzene rings is 3. The van der Waals surface area contributed by atoms with Crippen LogP contribution in [-0.2, 0) is 11.2 Å². The van der Waals surface area contributed by atoms with Crippen LogP contribution in [0.15, 0.2) is 60.7 Å². The molecule has 0 spiro atoms. The Labute approximate surface area is 220 Å². The highest BCUT2D eigenvalue weighted by Gasteiger charge is 2.33. The first kappa shape index (κ1) is 25.4. The van der Waals surface area contributed by atoms with Crippen LogP contribution < -0.4 is 10.6 Å². The number of piperidine rings is 1. The van der Waals surface area contributed by atoms with Crippen molar-refractivity contribution in [2.45, 2.75) is 51.1 Å². The summed E-state index contributed by atoms with van der Waals surface area (Å²) in [5, 5.41) is 9.09. The van der Waals surface area contributed by atoms with Crippen molar-refractivity contribution in [3.05, 3.63) is 77.4 Å². The molecule has 2 aliphatic heterocycles. The van der Waals surface area contributed by atoms with Crippen molar-refractivity contribution in [3.8, 4) is 0 Å². The third-order valence-electron chi connectivity index (χ3n) is 8.09. The van der Waals surface area contributed by atoms with E-state index in [9.17, 15) is 9.59 Å². The van der Waals surface area contributed by atoms with Crippen molar-refractivity contribution < 1.29 is 9.59 Å². The number of aryl methyl sites for hydroxylation is 1. The van der Waals surface area contributed by atoms with E-state index in [0.29, 0.717) is 17.5 Å². The minimum Gasteiger partial charge on any atom is -0.341 e. The molecular formula is C31H38N4O2. The molecule has 2 fully saturated rings. The summed E-state index contributed by atoms with van der Waals surface area (Å²) < 4.78 is 0. The number of likely N-dealkylation sites (tertiary alicyclic amines) is 2. The van der Waals surface area contributed by atoms with Gasteiger partial charge in [-0.1, -0.05) is 48.5 Å². The second kappa shape index (κ2) is 11.4. The number of rotatable bonds is 7. The Morgan fingerprint density at radius 2 is 1.62 bits per heavy atom. The van der Waals surface area contributed by atoms with Crippen LogP contribution in [0.3, 0.4) is 0 Å². The Balaban J connectivity index is 1.17. The van der Waals surface area contributed by atoms with Crippen LogP contribution in [0.1, 0.15) is 47.2 Å². The number of carbonyl (C=O) groups excluding carboxylic acids is 2. The van der Waals surface area contributed by atoms with Gasteiger partial charge in [-0.05, 0) is 87.8 Å². The molecule has 2 N–H and O–H groups in total. The lowest BCUT2D eigenvalue weighted by Crippen LogP contribution is -2.50. The summed E-state index contributed by atoms with van der Waals surface area (Å²) in [6, 6.07) is 20.6. The molecule has 2 saturated heterocycles. The fourth-order valence-corrected chi connectivity index (χ4v) is 5.85. The minimum atomic E-state index is -0.0814. The molecule has 6 heteroatoms. The van der Waals surface area contributed by atoms with Gasteiger partial charge in [0.25, 0.3) is 5.91 Å².